The molecule has 2 rings (SSSR count). The summed E-state index contributed by atoms with van der Waals surface area (Å²) in [5.41, 5.74) is 3.53. The lowest BCUT2D eigenvalue weighted by atomic mass is 10.1. The van der Waals surface area contributed by atoms with Gasteiger partial charge >= 0.3 is 5.97 Å². The first-order chi connectivity index (χ1) is 9.67. The van der Waals surface area contributed by atoms with E-state index in [1.54, 1.807) is 24.3 Å². The van der Waals surface area contributed by atoms with Crippen molar-refractivity contribution in [1.29, 1.82) is 0 Å². The Hall–Kier alpha value is -2.49. The smallest absolute Gasteiger partial charge is 0.307 e. The van der Waals surface area contributed by atoms with Crippen LogP contribution in [-0.2, 0) is 17.6 Å². The summed E-state index contributed by atoms with van der Waals surface area (Å²) < 4.78 is 0. The standard InChI is InChI=1S/C16H16N2O2/c1-2-12-3-7-14(8-4-12)17-18-15-9-5-13(6-10-15)11-16(19)20/h3-10H,2,11H2,1H3,(H,19,20). The van der Waals surface area contributed by atoms with Gasteiger partial charge in [0.2, 0.25) is 0 Å². The van der Waals surface area contributed by atoms with Gasteiger partial charge in [-0.1, -0.05) is 31.2 Å². The minimum atomic E-state index is -0.838. The lowest BCUT2D eigenvalue weighted by molar-refractivity contribution is -0.136. The van der Waals surface area contributed by atoms with Crippen molar-refractivity contribution in [3.05, 3.63) is 59.7 Å². The predicted molar refractivity (Wildman–Crippen MR) is 77.8 cm³/mol. The maximum Gasteiger partial charge on any atom is 0.307 e. The lowest BCUT2D eigenvalue weighted by Crippen LogP contribution is -1.98. The van der Waals surface area contributed by atoms with Crippen molar-refractivity contribution in [1.82, 2.24) is 0 Å². The number of carbonyl (C=O) groups is 1. The van der Waals surface area contributed by atoms with Crippen LogP contribution in [-0.4, -0.2) is 11.1 Å². The second kappa shape index (κ2) is 6.61. The molecule has 4 nitrogen and oxygen atoms in total. The number of aryl methyl sites for hydroxylation is 1. The topological polar surface area (TPSA) is 62.0 Å². The van der Waals surface area contributed by atoms with Gasteiger partial charge in [-0.15, -0.1) is 0 Å². The van der Waals surface area contributed by atoms with Gasteiger partial charge in [0.1, 0.15) is 0 Å². The fourth-order valence-corrected chi connectivity index (χ4v) is 1.77. The Bertz CT molecular complexity index is 601. The van der Waals surface area contributed by atoms with Crippen LogP contribution >= 0.6 is 0 Å². The Balaban J connectivity index is 2.04. The van der Waals surface area contributed by atoms with Gasteiger partial charge in [0.15, 0.2) is 0 Å². The van der Waals surface area contributed by atoms with Crippen molar-refractivity contribution in [2.24, 2.45) is 10.2 Å². The zero-order valence-corrected chi connectivity index (χ0v) is 11.3. The van der Waals surface area contributed by atoms with Gasteiger partial charge in [0, 0.05) is 0 Å². The molecule has 4 heteroatoms. The van der Waals surface area contributed by atoms with Crippen molar-refractivity contribution in [2.45, 2.75) is 19.8 Å². The van der Waals surface area contributed by atoms with E-state index >= 15 is 0 Å². The molecule has 2 aromatic rings. The highest BCUT2D eigenvalue weighted by molar-refractivity contribution is 5.70. The fourth-order valence-electron chi connectivity index (χ4n) is 1.77. The highest BCUT2D eigenvalue weighted by Gasteiger charge is 1.99. The van der Waals surface area contributed by atoms with Crippen molar-refractivity contribution in [2.75, 3.05) is 0 Å². The van der Waals surface area contributed by atoms with Crippen LogP contribution in [0.15, 0.2) is 58.8 Å². The normalized spacial score (nSPS) is 10.8. The zero-order valence-electron chi connectivity index (χ0n) is 11.3. The predicted octanol–water partition coefficient (Wildman–Crippen LogP) is 4.29. The molecule has 0 heterocycles. The molecule has 0 aliphatic carbocycles. The third kappa shape index (κ3) is 4.02. The first-order valence-corrected chi connectivity index (χ1v) is 6.49. The molecular weight excluding hydrogens is 252 g/mol. The Morgan fingerprint density at radius 2 is 1.35 bits per heavy atom. The number of aliphatic carboxylic acids is 1. The maximum atomic E-state index is 10.6. The Labute approximate surface area is 117 Å². The van der Waals surface area contributed by atoms with Gasteiger partial charge in [-0.3, -0.25) is 4.79 Å². The van der Waals surface area contributed by atoms with Crippen LogP contribution in [0.5, 0.6) is 0 Å². The molecule has 0 aromatic heterocycles. The number of carboxylic acid groups (broad SMARTS) is 1. The maximum absolute atomic E-state index is 10.6. The third-order valence-electron chi connectivity index (χ3n) is 2.92. The number of hydrogen-bond acceptors (Lipinski definition) is 3. The van der Waals surface area contributed by atoms with Crippen molar-refractivity contribution in [3.8, 4) is 0 Å². The molecule has 0 bridgehead atoms. The van der Waals surface area contributed by atoms with Crippen LogP contribution in [0.25, 0.3) is 0 Å². The Kier molecular flexibility index (Phi) is 4.60. The summed E-state index contributed by atoms with van der Waals surface area (Å²) in [4.78, 5) is 10.6. The van der Waals surface area contributed by atoms with Crippen molar-refractivity contribution < 1.29 is 9.90 Å². The summed E-state index contributed by atoms with van der Waals surface area (Å²) in [6.07, 6.45) is 1.03. The number of nitrogens with zero attached hydrogens (tertiary/aromatic N) is 2. The minimum Gasteiger partial charge on any atom is -0.481 e. The summed E-state index contributed by atoms with van der Waals surface area (Å²) in [6, 6.07) is 15.0. The molecule has 0 amide bonds. The van der Waals surface area contributed by atoms with E-state index in [0.717, 1.165) is 17.7 Å². The van der Waals surface area contributed by atoms with Gasteiger partial charge in [0.05, 0.1) is 17.8 Å². The highest BCUT2D eigenvalue weighted by atomic mass is 16.4. The summed E-state index contributed by atoms with van der Waals surface area (Å²) >= 11 is 0. The van der Waals surface area contributed by atoms with E-state index in [9.17, 15) is 4.79 Å². The molecule has 0 aliphatic rings. The fraction of sp³-hybridized carbons (Fsp3) is 0.188. The van der Waals surface area contributed by atoms with Crippen LogP contribution < -0.4 is 0 Å². The van der Waals surface area contributed by atoms with Gasteiger partial charge in [-0.05, 0) is 41.8 Å². The molecule has 0 spiro atoms. The van der Waals surface area contributed by atoms with E-state index in [1.807, 2.05) is 24.3 Å². The summed E-state index contributed by atoms with van der Waals surface area (Å²) in [7, 11) is 0. The molecule has 102 valence electrons. The third-order valence-corrected chi connectivity index (χ3v) is 2.92. The summed E-state index contributed by atoms with van der Waals surface area (Å²) in [5.74, 6) is -0.838. The van der Waals surface area contributed by atoms with E-state index in [4.69, 9.17) is 5.11 Å². The molecule has 0 fully saturated rings. The first-order valence-electron chi connectivity index (χ1n) is 6.49. The first kappa shape index (κ1) is 13.9. The monoisotopic (exact) mass is 268 g/mol. The highest BCUT2D eigenvalue weighted by Crippen LogP contribution is 2.19. The molecule has 0 unspecified atom stereocenters. The van der Waals surface area contributed by atoms with Gasteiger partial charge in [-0.2, -0.15) is 10.2 Å². The Morgan fingerprint density at radius 1 is 0.900 bits per heavy atom. The molecule has 0 saturated carbocycles. The number of benzene rings is 2. The largest absolute Gasteiger partial charge is 0.481 e. The van der Waals surface area contributed by atoms with Crippen LogP contribution in [0.2, 0.25) is 0 Å². The molecule has 0 atom stereocenters. The number of hydrogen-bond donors (Lipinski definition) is 1. The van der Waals surface area contributed by atoms with Crippen molar-refractivity contribution >= 4 is 17.3 Å². The molecular formula is C16H16N2O2. The van der Waals surface area contributed by atoms with Gasteiger partial charge < -0.3 is 5.11 Å². The molecule has 20 heavy (non-hydrogen) atoms. The summed E-state index contributed by atoms with van der Waals surface area (Å²) in [6.45, 7) is 2.11. The average molecular weight is 268 g/mol. The second-order valence-corrected chi connectivity index (χ2v) is 4.46. The minimum absolute atomic E-state index is 0.0237. The number of rotatable bonds is 5. The SMILES string of the molecule is CCc1ccc(N=Nc2ccc(CC(=O)O)cc2)cc1. The molecule has 2 aromatic carbocycles. The van der Waals surface area contributed by atoms with Crippen LogP contribution in [0, 0.1) is 0 Å². The molecule has 1 N–H and O–H groups in total. The van der Waals surface area contributed by atoms with Crippen LogP contribution in [0.3, 0.4) is 0 Å². The number of carboxylic acids is 1. The van der Waals surface area contributed by atoms with Crippen LogP contribution in [0.1, 0.15) is 18.1 Å². The number of azo groups is 1. The quantitative estimate of drug-likeness (QED) is 0.822. The van der Waals surface area contributed by atoms with E-state index in [2.05, 4.69) is 17.2 Å². The van der Waals surface area contributed by atoms with E-state index < -0.39 is 5.97 Å². The van der Waals surface area contributed by atoms with Gasteiger partial charge in [0.25, 0.3) is 0 Å². The summed E-state index contributed by atoms with van der Waals surface area (Å²) in [5, 5.41) is 17.0. The lowest BCUT2D eigenvalue weighted by Gasteiger charge is -1.98. The second-order valence-electron chi connectivity index (χ2n) is 4.46. The molecule has 0 aliphatic heterocycles. The van der Waals surface area contributed by atoms with E-state index in [-0.39, 0.29) is 6.42 Å². The molecule has 0 saturated heterocycles. The van der Waals surface area contributed by atoms with E-state index in [1.165, 1.54) is 5.56 Å². The van der Waals surface area contributed by atoms with E-state index in [0.29, 0.717) is 5.69 Å². The average Bonchev–Trinajstić information content (AvgIpc) is 2.46. The van der Waals surface area contributed by atoms with Crippen molar-refractivity contribution in [3.63, 3.8) is 0 Å². The Morgan fingerprint density at radius 3 is 1.75 bits per heavy atom. The molecule has 0 radical (unpaired) electrons. The van der Waals surface area contributed by atoms with Crippen LogP contribution in [0.4, 0.5) is 11.4 Å². The van der Waals surface area contributed by atoms with Gasteiger partial charge in [-0.25, -0.2) is 0 Å². The zero-order chi connectivity index (χ0) is 14.4.